The summed E-state index contributed by atoms with van der Waals surface area (Å²) in [4.78, 5) is 9.86. The Bertz CT molecular complexity index is 138. The number of carbonyl (C=O) groups is 1. The first-order chi connectivity index (χ1) is 4.35. The molecule has 0 fully saturated rings. The molecule has 0 saturated carbocycles. The van der Waals surface area contributed by atoms with Crippen molar-refractivity contribution < 1.29 is 4.79 Å². The fourth-order valence-electron chi connectivity index (χ4n) is 0.399. The molecule has 0 spiro atoms. The maximum absolute atomic E-state index is 9.86. The van der Waals surface area contributed by atoms with Crippen LogP contribution in [-0.2, 0) is 4.79 Å². The van der Waals surface area contributed by atoms with Crippen LogP contribution in [0.4, 0.5) is 0 Å². The normalized spacial score (nSPS) is 11.9. The first-order valence-electron chi connectivity index (χ1n) is 2.56. The lowest BCUT2D eigenvalue weighted by atomic mass is 10.4. The third-order valence-corrected chi connectivity index (χ3v) is 0.812. The van der Waals surface area contributed by atoms with E-state index in [-0.39, 0.29) is 0 Å². The average molecular weight is 126 g/mol. The first-order valence-corrected chi connectivity index (χ1v) is 2.56. The fourth-order valence-corrected chi connectivity index (χ4v) is 0.399. The summed E-state index contributed by atoms with van der Waals surface area (Å²) >= 11 is 0. The van der Waals surface area contributed by atoms with Crippen molar-refractivity contribution in [2.24, 2.45) is 5.73 Å². The maximum atomic E-state index is 9.86. The summed E-state index contributed by atoms with van der Waals surface area (Å²) in [7, 11) is 1.72. The molecule has 50 valence electrons. The molecule has 0 aromatic rings. The monoisotopic (exact) mass is 126 g/mol. The number of likely N-dealkylation sites (N-methyl/N-ethyl adjacent to an activating group) is 1. The number of hydrogen-bond acceptors (Lipinski definition) is 3. The van der Waals surface area contributed by atoms with Crippen LogP contribution in [0.25, 0.3) is 0 Å². The van der Waals surface area contributed by atoms with Gasteiger partial charge in [0.05, 0.1) is 0 Å². The summed E-state index contributed by atoms with van der Waals surface area (Å²) in [6.07, 6.45) is 5.06. The van der Waals surface area contributed by atoms with E-state index in [0.717, 1.165) is 0 Å². The quantitative estimate of drug-likeness (QED) is 0.312. The Morgan fingerprint density at radius 2 is 2.33 bits per heavy atom. The van der Waals surface area contributed by atoms with Gasteiger partial charge in [-0.3, -0.25) is 4.79 Å². The smallest absolute Gasteiger partial charge is 0.144 e. The Labute approximate surface area is 54.2 Å². The Hall–Kier alpha value is -1.25. The third-order valence-electron chi connectivity index (χ3n) is 0.812. The number of rotatable bonds is 3. The summed E-state index contributed by atoms with van der Waals surface area (Å²) in [6.45, 7) is 0. The Balaban J connectivity index is 3.96. The lowest BCUT2D eigenvalue weighted by Gasteiger charge is -1.94. The van der Waals surface area contributed by atoms with Gasteiger partial charge < -0.3 is 11.1 Å². The molecule has 3 N–H and O–H groups in total. The molecule has 0 rings (SSSR count). The summed E-state index contributed by atoms with van der Waals surface area (Å²) in [6, 6.07) is 0. The molecule has 0 saturated heterocycles. The molecule has 0 aromatic heterocycles. The number of aldehydes is 1. The van der Waals surface area contributed by atoms with Crippen LogP contribution in [0.5, 0.6) is 0 Å². The Morgan fingerprint density at radius 1 is 1.67 bits per heavy atom. The molecule has 0 bridgehead atoms. The van der Waals surface area contributed by atoms with Gasteiger partial charge in [-0.05, 0) is 12.3 Å². The van der Waals surface area contributed by atoms with Gasteiger partial charge in [0.2, 0.25) is 0 Å². The highest BCUT2D eigenvalue weighted by Crippen LogP contribution is 1.84. The molecule has 0 amide bonds. The molecule has 0 aromatic carbocycles. The van der Waals surface area contributed by atoms with Crippen molar-refractivity contribution in [2.75, 3.05) is 7.05 Å². The van der Waals surface area contributed by atoms with Gasteiger partial charge >= 0.3 is 0 Å². The number of carbonyl (C=O) groups excluding carboxylic acids is 1. The van der Waals surface area contributed by atoms with Crippen molar-refractivity contribution in [1.82, 2.24) is 5.32 Å². The van der Waals surface area contributed by atoms with Crippen LogP contribution in [0.3, 0.4) is 0 Å². The Kier molecular flexibility index (Phi) is 4.22. The van der Waals surface area contributed by atoms with Gasteiger partial charge in [0.1, 0.15) is 6.29 Å². The standard InChI is InChI=1S/C6H10N2O/c1-8-6(2-4-7)3-5-9/h2-5,8H,7H2,1H3/b4-2-,6-3+. The highest BCUT2D eigenvalue weighted by molar-refractivity contribution is 5.66. The molecule has 0 aliphatic rings. The van der Waals surface area contributed by atoms with E-state index < -0.39 is 0 Å². The average Bonchev–Trinajstić information content (AvgIpc) is 1.88. The lowest BCUT2D eigenvalue weighted by Crippen LogP contribution is -2.03. The molecule has 0 aliphatic heterocycles. The molecule has 3 heteroatoms. The van der Waals surface area contributed by atoms with E-state index in [0.29, 0.717) is 12.0 Å². The van der Waals surface area contributed by atoms with Crippen LogP contribution in [0.15, 0.2) is 24.0 Å². The highest BCUT2D eigenvalue weighted by Gasteiger charge is 1.80. The van der Waals surface area contributed by atoms with E-state index in [4.69, 9.17) is 5.73 Å². The van der Waals surface area contributed by atoms with E-state index in [2.05, 4.69) is 5.32 Å². The van der Waals surface area contributed by atoms with E-state index in [1.54, 1.807) is 13.1 Å². The van der Waals surface area contributed by atoms with Gasteiger partial charge in [0, 0.05) is 18.8 Å². The minimum atomic E-state index is 0.700. The van der Waals surface area contributed by atoms with Gasteiger partial charge in [-0.1, -0.05) is 0 Å². The minimum absolute atomic E-state index is 0.700. The molecule has 0 unspecified atom stereocenters. The second kappa shape index (κ2) is 4.90. The predicted octanol–water partition coefficient (Wildman–Crippen LogP) is -0.239. The van der Waals surface area contributed by atoms with Crippen LogP contribution in [0.1, 0.15) is 0 Å². The molecular formula is C6H10N2O. The number of allylic oxidation sites excluding steroid dienone is 2. The van der Waals surface area contributed by atoms with Crippen molar-refractivity contribution >= 4 is 6.29 Å². The van der Waals surface area contributed by atoms with Crippen molar-refractivity contribution in [3.8, 4) is 0 Å². The second-order valence-electron chi connectivity index (χ2n) is 1.37. The van der Waals surface area contributed by atoms with Gasteiger partial charge in [0.25, 0.3) is 0 Å². The van der Waals surface area contributed by atoms with E-state index in [9.17, 15) is 4.79 Å². The SMILES string of the molecule is CNC(/C=C\N)=C/C=O. The van der Waals surface area contributed by atoms with Crippen LogP contribution in [0.2, 0.25) is 0 Å². The molecule has 3 nitrogen and oxygen atoms in total. The van der Waals surface area contributed by atoms with Gasteiger partial charge in [-0.2, -0.15) is 0 Å². The maximum Gasteiger partial charge on any atom is 0.144 e. The van der Waals surface area contributed by atoms with Crippen LogP contribution in [0, 0.1) is 0 Å². The molecule has 9 heavy (non-hydrogen) atoms. The second-order valence-corrected chi connectivity index (χ2v) is 1.37. The van der Waals surface area contributed by atoms with Crippen molar-refractivity contribution in [3.63, 3.8) is 0 Å². The largest absolute Gasteiger partial charge is 0.405 e. The van der Waals surface area contributed by atoms with Crippen molar-refractivity contribution in [1.29, 1.82) is 0 Å². The zero-order chi connectivity index (χ0) is 7.11. The summed E-state index contributed by atoms with van der Waals surface area (Å²) < 4.78 is 0. The van der Waals surface area contributed by atoms with E-state index in [1.807, 2.05) is 0 Å². The van der Waals surface area contributed by atoms with Crippen LogP contribution in [-0.4, -0.2) is 13.3 Å². The number of nitrogens with one attached hydrogen (secondary N) is 1. The minimum Gasteiger partial charge on any atom is -0.405 e. The van der Waals surface area contributed by atoms with E-state index in [1.165, 1.54) is 12.3 Å². The highest BCUT2D eigenvalue weighted by atomic mass is 16.1. The number of nitrogens with two attached hydrogens (primary N) is 1. The van der Waals surface area contributed by atoms with Gasteiger partial charge in [0.15, 0.2) is 0 Å². The van der Waals surface area contributed by atoms with Crippen molar-refractivity contribution in [3.05, 3.63) is 24.0 Å². The van der Waals surface area contributed by atoms with Crippen LogP contribution >= 0.6 is 0 Å². The Morgan fingerprint density at radius 3 is 2.67 bits per heavy atom. The first kappa shape index (κ1) is 7.75. The summed E-state index contributed by atoms with van der Waals surface area (Å²) in [5.41, 5.74) is 5.76. The van der Waals surface area contributed by atoms with Crippen LogP contribution < -0.4 is 11.1 Å². The molecule has 0 radical (unpaired) electrons. The predicted molar refractivity (Wildman–Crippen MR) is 36.5 cm³/mol. The zero-order valence-corrected chi connectivity index (χ0v) is 5.29. The summed E-state index contributed by atoms with van der Waals surface area (Å²) in [5, 5.41) is 2.77. The lowest BCUT2D eigenvalue weighted by molar-refractivity contribution is -0.104. The third kappa shape index (κ3) is 3.34. The zero-order valence-electron chi connectivity index (χ0n) is 5.29. The topological polar surface area (TPSA) is 55.1 Å². The van der Waals surface area contributed by atoms with E-state index >= 15 is 0 Å². The fraction of sp³-hybridized carbons (Fsp3) is 0.167. The molecule has 0 aliphatic carbocycles. The van der Waals surface area contributed by atoms with Crippen molar-refractivity contribution in [2.45, 2.75) is 0 Å². The molecule has 0 heterocycles. The van der Waals surface area contributed by atoms with Gasteiger partial charge in [-0.25, -0.2) is 0 Å². The van der Waals surface area contributed by atoms with Gasteiger partial charge in [-0.15, -0.1) is 0 Å². The number of hydrogen-bond donors (Lipinski definition) is 2. The molecular weight excluding hydrogens is 116 g/mol. The summed E-state index contributed by atoms with van der Waals surface area (Å²) in [5.74, 6) is 0. The molecule has 0 atom stereocenters.